The van der Waals surface area contributed by atoms with E-state index in [4.69, 9.17) is 5.11 Å². The van der Waals surface area contributed by atoms with Crippen LogP contribution in [0.4, 0.5) is 10.1 Å². The summed E-state index contributed by atoms with van der Waals surface area (Å²) in [6.45, 7) is 1.87. The molecule has 9 heteroatoms. The third-order valence-corrected chi connectivity index (χ3v) is 4.25. The Labute approximate surface area is 155 Å². The molecule has 1 fully saturated rings. The van der Waals surface area contributed by atoms with Crippen LogP contribution in [-0.2, 0) is 19.2 Å². The lowest BCUT2D eigenvalue weighted by Crippen LogP contribution is -2.47. The number of hydrogen-bond donors (Lipinski definition) is 3. The Morgan fingerprint density at radius 3 is 2.59 bits per heavy atom. The van der Waals surface area contributed by atoms with Crippen LogP contribution in [-0.4, -0.2) is 47.9 Å². The van der Waals surface area contributed by atoms with Crippen molar-refractivity contribution in [2.45, 2.75) is 32.2 Å². The number of carboxylic acid groups (broad SMARTS) is 1. The smallest absolute Gasteiger partial charge is 0.303 e. The van der Waals surface area contributed by atoms with E-state index in [2.05, 4.69) is 10.6 Å². The molecular formula is C18H22FN3O5. The lowest BCUT2D eigenvalue weighted by atomic mass is 10.1. The molecule has 0 unspecified atom stereocenters. The highest BCUT2D eigenvalue weighted by Gasteiger charge is 2.36. The topological polar surface area (TPSA) is 116 Å². The number of benzene rings is 1. The van der Waals surface area contributed by atoms with Gasteiger partial charge in [-0.1, -0.05) is 0 Å². The average molecular weight is 379 g/mol. The van der Waals surface area contributed by atoms with Crippen molar-refractivity contribution in [3.05, 3.63) is 30.1 Å². The first-order chi connectivity index (χ1) is 12.8. The molecule has 0 aromatic heterocycles. The number of anilines is 1. The summed E-state index contributed by atoms with van der Waals surface area (Å²) < 4.78 is 13.0. The normalized spacial score (nSPS) is 17.5. The van der Waals surface area contributed by atoms with Crippen LogP contribution in [0.2, 0.25) is 0 Å². The summed E-state index contributed by atoms with van der Waals surface area (Å²) in [7, 11) is 0. The molecule has 0 spiro atoms. The Morgan fingerprint density at radius 1 is 1.30 bits per heavy atom. The van der Waals surface area contributed by atoms with Gasteiger partial charge in [-0.15, -0.1) is 0 Å². The van der Waals surface area contributed by atoms with Crippen LogP contribution in [0.5, 0.6) is 0 Å². The molecule has 2 atom stereocenters. The Bertz CT molecular complexity index is 722. The highest BCUT2D eigenvalue weighted by atomic mass is 19.1. The molecule has 0 radical (unpaired) electrons. The summed E-state index contributed by atoms with van der Waals surface area (Å²) in [4.78, 5) is 48.3. The number of rotatable bonds is 8. The van der Waals surface area contributed by atoms with Gasteiger partial charge in [0.05, 0.1) is 5.92 Å². The molecule has 1 aliphatic heterocycles. The molecule has 1 aromatic carbocycles. The molecule has 3 N–H and O–H groups in total. The zero-order valence-electron chi connectivity index (χ0n) is 14.9. The Kier molecular flexibility index (Phi) is 6.86. The zero-order chi connectivity index (χ0) is 20.0. The van der Waals surface area contributed by atoms with Crippen molar-refractivity contribution < 1.29 is 28.7 Å². The summed E-state index contributed by atoms with van der Waals surface area (Å²) >= 11 is 0. The zero-order valence-corrected chi connectivity index (χ0v) is 14.9. The lowest BCUT2D eigenvalue weighted by Gasteiger charge is -2.18. The van der Waals surface area contributed by atoms with Crippen molar-refractivity contribution in [1.82, 2.24) is 10.6 Å². The van der Waals surface area contributed by atoms with Crippen LogP contribution in [0, 0.1) is 11.7 Å². The number of nitrogens with zero attached hydrogens (tertiary/aromatic N) is 1. The van der Waals surface area contributed by atoms with Gasteiger partial charge < -0.3 is 20.6 Å². The number of carboxylic acids is 1. The van der Waals surface area contributed by atoms with Crippen molar-refractivity contribution in [2.75, 3.05) is 18.0 Å². The highest BCUT2D eigenvalue weighted by molar-refractivity contribution is 6.01. The molecule has 0 bridgehead atoms. The first-order valence-electron chi connectivity index (χ1n) is 8.63. The van der Waals surface area contributed by atoms with Crippen molar-refractivity contribution in [3.8, 4) is 0 Å². The van der Waals surface area contributed by atoms with E-state index in [1.54, 1.807) is 0 Å². The molecule has 1 aromatic rings. The lowest BCUT2D eigenvalue weighted by molar-refractivity contribution is -0.137. The van der Waals surface area contributed by atoms with Gasteiger partial charge >= 0.3 is 5.97 Å². The van der Waals surface area contributed by atoms with Crippen molar-refractivity contribution in [2.24, 2.45) is 5.92 Å². The number of aliphatic carboxylic acids is 1. The number of halogens is 1. The van der Waals surface area contributed by atoms with Crippen molar-refractivity contribution >= 4 is 29.4 Å². The minimum absolute atomic E-state index is 0.0101. The van der Waals surface area contributed by atoms with E-state index in [1.165, 1.54) is 36.1 Å². The van der Waals surface area contributed by atoms with Gasteiger partial charge in [0, 0.05) is 31.6 Å². The molecule has 3 amide bonds. The van der Waals surface area contributed by atoms with Crippen molar-refractivity contribution in [3.63, 3.8) is 0 Å². The molecule has 0 aliphatic carbocycles. The fourth-order valence-electron chi connectivity index (χ4n) is 2.75. The fourth-order valence-corrected chi connectivity index (χ4v) is 2.75. The van der Waals surface area contributed by atoms with Crippen molar-refractivity contribution in [1.29, 1.82) is 0 Å². The molecule has 0 saturated carbocycles. The summed E-state index contributed by atoms with van der Waals surface area (Å²) in [6.07, 6.45) is 0.256. The maximum absolute atomic E-state index is 13.0. The van der Waals surface area contributed by atoms with Gasteiger partial charge in [-0.2, -0.15) is 0 Å². The number of carbonyl (C=O) groups is 4. The van der Waals surface area contributed by atoms with Gasteiger partial charge in [-0.3, -0.25) is 19.2 Å². The minimum atomic E-state index is -0.942. The second-order valence-electron chi connectivity index (χ2n) is 6.40. The predicted molar refractivity (Wildman–Crippen MR) is 94.3 cm³/mol. The predicted octanol–water partition coefficient (Wildman–Crippen LogP) is 0.664. The summed E-state index contributed by atoms with van der Waals surface area (Å²) in [6, 6.07) is 4.62. The molecule has 27 heavy (non-hydrogen) atoms. The van der Waals surface area contributed by atoms with E-state index in [9.17, 15) is 23.6 Å². The number of hydrogen-bond acceptors (Lipinski definition) is 4. The SMILES string of the molecule is C[C@H](NC(=O)[C@@H]1CC(=O)N(c2ccc(F)cc2)C1)C(=O)NCCCC(=O)O. The van der Waals surface area contributed by atoms with Gasteiger partial charge in [0.25, 0.3) is 0 Å². The first-order valence-corrected chi connectivity index (χ1v) is 8.63. The number of nitrogens with one attached hydrogen (secondary N) is 2. The van der Waals surface area contributed by atoms with Gasteiger partial charge in [0.15, 0.2) is 0 Å². The Hall–Kier alpha value is -2.97. The molecule has 146 valence electrons. The van der Waals surface area contributed by atoms with E-state index in [0.29, 0.717) is 12.1 Å². The van der Waals surface area contributed by atoms with Crippen LogP contribution in [0.1, 0.15) is 26.2 Å². The van der Waals surface area contributed by atoms with E-state index in [1.807, 2.05) is 0 Å². The largest absolute Gasteiger partial charge is 0.481 e. The average Bonchev–Trinajstić information content (AvgIpc) is 3.01. The minimum Gasteiger partial charge on any atom is -0.481 e. The molecule has 8 nitrogen and oxygen atoms in total. The highest BCUT2D eigenvalue weighted by Crippen LogP contribution is 2.25. The van der Waals surface area contributed by atoms with E-state index >= 15 is 0 Å². The van der Waals surface area contributed by atoms with Gasteiger partial charge in [0.2, 0.25) is 17.7 Å². The molecular weight excluding hydrogens is 357 g/mol. The number of amides is 3. The summed E-state index contributed by atoms with van der Waals surface area (Å²) in [5, 5.41) is 13.7. The second-order valence-corrected chi connectivity index (χ2v) is 6.40. The standard InChI is InChI=1S/C18H22FN3O5/c1-11(17(26)20-8-2-3-16(24)25)21-18(27)12-9-15(23)22(10-12)14-6-4-13(19)5-7-14/h4-7,11-12H,2-3,8-10H2,1H3,(H,20,26)(H,21,27)(H,24,25)/t11-,12+/m0/s1. The second kappa shape index (κ2) is 9.11. The quantitative estimate of drug-likeness (QED) is 0.574. The molecule has 1 heterocycles. The molecule has 1 saturated heterocycles. The van der Waals surface area contributed by atoms with E-state index < -0.39 is 35.6 Å². The van der Waals surface area contributed by atoms with Crippen LogP contribution < -0.4 is 15.5 Å². The van der Waals surface area contributed by atoms with E-state index in [-0.39, 0.29) is 31.8 Å². The van der Waals surface area contributed by atoms with Crippen LogP contribution in [0.3, 0.4) is 0 Å². The maximum atomic E-state index is 13.0. The monoisotopic (exact) mass is 379 g/mol. The van der Waals surface area contributed by atoms with Crippen LogP contribution in [0.25, 0.3) is 0 Å². The Morgan fingerprint density at radius 2 is 1.96 bits per heavy atom. The molecule has 1 aliphatic rings. The first kappa shape index (κ1) is 20.3. The Balaban J connectivity index is 1.83. The third-order valence-electron chi connectivity index (χ3n) is 4.25. The van der Waals surface area contributed by atoms with Crippen LogP contribution in [0.15, 0.2) is 24.3 Å². The summed E-state index contributed by atoms with van der Waals surface area (Å²) in [5.41, 5.74) is 0.515. The molecule has 2 rings (SSSR count). The van der Waals surface area contributed by atoms with Gasteiger partial charge in [-0.25, -0.2) is 4.39 Å². The van der Waals surface area contributed by atoms with Crippen LogP contribution >= 0.6 is 0 Å². The summed E-state index contributed by atoms with van der Waals surface area (Å²) in [5.74, 6) is -3.04. The third kappa shape index (κ3) is 5.77. The van der Waals surface area contributed by atoms with Gasteiger partial charge in [-0.05, 0) is 37.6 Å². The van der Waals surface area contributed by atoms with Gasteiger partial charge in [0.1, 0.15) is 11.9 Å². The van der Waals surface area contributed by atoms with E-state index in [0.717, 1.165) is 0 Å². The maximum Gasteiger partial charge on any atom is 0.303 e. The number of carbonyl (C=O) groups excluding carboxylic acids is 3. The fraction of sp³-hybridized carbons (Fsp3) is 0.444.